The predicted molar refractivity (Wildman–Crippen MR) is 40.1 cm³/mol. The summed E-state index contributed by atoms with van der Waals surface area (Å²) in [6, 6.07) is 0. The lowest BCUT2D eigenvalue weighted by molar-refractivity contribution is -0.124. The molecule has 0 saturated heterocycles. The Morgan fingerprint density at radius 1 is 1.82 bits per heavy atom. The van der Waals surface area contributed by atoms with Gasteiger partial charge in [-0.25, -0.2) is 5.48 Å². The van der Waals surface area contributed by atoms with Crippen LogP contribution in [-0.4, -0.2) is 24.8 Å². The summed E-state index contributed by atoms with van der Waals surface area (Å²) in [5.41, 5.74) is 1.50. The monoisotopic (exact) mass is 159 g/mol. The minimum Gasteiger partial charge on any atom is -0.384 e. The van der Waals surface area contributed by atoms with Gasteiger partial charge in [0, 0.05) is 13.2 Å². The zero-order valence-electron chi connectivity index (χ0n) is 6.70. The summed E-state index contributed by atoms with van der Waals surface area (Å²) in [5.74, 6) is -0.342. The molecule has 0 aliphatic heterocycles. The van der Waals surface area contributed by atoms with Crippen LogP contribution in [0.3, 0.4) is 0 Å². The summed E-state index contributed by atoms with van der Waals surface area (Å²) < 4.78 is 4.82. The molecule has 0 aromatic rings. The molecule has 0 fully saturated rings. The van der Waals surface area contributed by atoms with Crippen molar-refractivity contribution < 1.29 is 14.7 Å². The molecule has 11 heavy (non-hydrogen) atoms. The Morgan fingerprint density at radius 2 is 2.45 bits per heavy atom. The SMILES string of the molecule is COCC(C)C=CC(=O)NO. The first-order valence-corrected chi connectivity index (χ1v) is 3.32. The molecular weight excluding hydrogens is 146 g/mol. The number of amides is 1. The third-order valence-corrected chi connectivity index (χ3v) is 1.12. The number of carbonyl (C=O) groups excluding carboxylic acids is 1. The Balaban J connectivity index is 3.63. The summed E-state index contributed by atoms with van der Waals surface area (Å²) in [4.78, 5) is 10.4. The van der Waals surface area contributed by atoms with Crippen LogP contribution in [0.2, 0.25) is 0 Å². The van der Waals surface area contributed by atoms with E-state index in [1.807, 2.05) is 6.92 Å². The Hall–Kier alpha value is -0.870. The second-order valence-corrected chi connectivity index (χ2v) is 2.27. The third-order valence-electron chi connectivity index (χ3n) is 1.12. The maximum atomic E-state index is 10.4. The first-order valence-electron chi connectivity index (χ1n) is 3.32. The van der Waals surface area contributed by atoms with E-state index in [2.05, 4.69) is 0 Å². The summed E-state index contributed by atoms with van der Waals surface area (Å²) in [7, 11) is 1.59. The van der Waals surface area contributed by atoms with Crippen molar-refractivity contribution in [3.8, 4) is 0 Å². The number of carbonyl (C=O) groups is 1. The summed E-state index contributed by atoms with van der Waals surface area (Å²) in [6.07, 6.45) is 2.93. The van der Waals surface area contributed by atoms with Crippen LogP contribution in [0.5, 0.6) is 0 Å². The topological polar surface area (TPSA) is 58.6 Å². The van der Waals surface area contributed by atoms with Gasteiger partial charge in [0.1, 0.15) is 0 Å². The minimum absolute atomic E-state index is 0.178. The van der Waals surface area contributed by atoms with E-state index >= 15 is 0 Å². The molecule has 0 aromatic carbocycles. The summed E-state index contributed by atoms with van der Waals surface area (Å²) >= 11 is 0. The highest BCUT2D eigenvalue weighted by Crippen LogP contribution is 1.96. The quantitative estimate of drug-likeness (QED) is 0.353. The van der Waals surface area contributed by atoms with Crippen molar-refractivity contribution in [3.05, 3.63) is 12.2 Å². The second-order valence-electron chi connectivity index (χ2n) is 2.27. The number of hydrogen-bond donors (Lipinski definition) is 2. The Labute approximate surface area is 65.8 Å². The molecule has 0 aromatic heterocycles. The van der Waals surface area contributed by atoms with Crippen LogP contribution in [0.1, 0.15) is 6.92 Å². The van der Waals surface area contributed by atoms with Crippen molar-refractivity contribution in [1.29, 1.82) is 0 Å². The van der Waals surface area contributed by atoms with E-state index < -0.39 is 5.91 Å². The second kappa shape index (κ2) is 5.88. The number of methoxy groups -OCH3 is 1. The maximum absolute atomic E-state index is 10.4. The van der Waals surface area contributed by atoms with E-state index in [-0.39, 0.29) is 5.92 Å². The smallest absolute Gasteiger partial charge is 0.267 e. The lowest BCUT2D eigenvalue weighted by Gasteiger charge is -2.01. The van der Waals surface area contributed by atoms with Gasteiger partial charge in [-0.1, -0.05) is 13.0 Å². The zero-order chi connectivity index (χ0) is 8.69. The number of hydroxylamine groups is 1. The van der Waals surface area contributed by atoms with Crippen LogP contribution >= 0.6 is 0 Å². The van der Waals surface area contributed by atoms with Gasteiger partial charge in [0.05, 0.1) is 6.61 Å². The molecule has 4 heteroatoms. The standard InChI is InChI=1S/C7H13NO3/c1-6(5-11-2)3-4-7(9)8-10/h3-4,6,10H,5H2,1-2H3,(H,8,9). The van der Waals surface area contributed by atoms with Crippen LogP contribution in [0.15, 0.2) is 12.2 Å². The van der Waals surface area contributed by atoms with Crippen LogP contribution in [0.25, 0.3) is 0 Å². The Bertz CT molecular complexity index is 145. The van der Waals surface area contributed by atoms with Crippen LogP contribution in [0.4, 0.5) is 0 Å². The fourth-order valence-electron chi connectivity index (χ4n) is 0.607. The fourth-order valence-corrected chi connectivity index (χ4v) is 0.607. The van der Waals surface area contributed by atoms with Gasteiger partial charge in [-0.15, -0.1) is 0 Å². The largest absolute Gasteiger partial charge is 0.384 e. The molecule has 0 bridgehead atoms. The maximum Gasteiger partial charge on any atom is 0.267 e. The number of hydrogen-bond acceptors (Lipinski definition) is 3. The highest BCUT2D eigenvalue weighted by molar-refractivity contribution is 5.86. The first-order chi connectivity index (χ1) is 5.20. The molecule has 4 nitrogen and oxygen atoms in total. The number of ether oxygens (including phenoxy) is 1. The van der Waals surface area contributed by atoms with Gasteiger partial charge in [0.25, 0.3) is 5.91 Å². The van der Waals surface area contributed by atoms with Gasteiger partial charge in [-0.2, -0.15) is 0 Å². The fraction of sp³-hybridized carbons (Fsp3) is 0.571. The minimum atomic E-state index is -0.520. The van der Waals surface area contributed by atoms with Crippen LogP contribution < -0.4 is 5.48 Å². The molecular formula is C7H13NO3. The van der Waals surface area contributed by atoms with Crippen LogP contribution in [0, 0.1) is 5.92 Å². The summed E-state index contributed by atoms with van der Waals surface area (Å²) in [5, 5.41) is 8.10. The summed E-state index contributed by atoms with van der Waals surface area (Å²) in [6.45, 7) is 2.47. The van der Waals surface area contributed by atoms with Crippen molar-refractivity contribution in [1.82, 2.24) is 5.48 Å². The van der Waals surface area contributed by atoms with E-state index in [4.69, 9.17) is 9.94 Å². The molecule has 0 radical (unpaired) electrons. The van der Waals surface area contributed by atoms with E-state index in [9.17, 15) is 4.79 Å². The lowest BCUT2D eigenvalue weighted by atomic mass is 10.2. The molecule has 1 unspecified atom stereocenters. The number of nitrogens with one attached hydrogen (secondary N) is 1. The third kappa shape index (κ3) is 5.57. The molecule has 0 heterocycles. The predicted octanol–water partition coefficient (Wildman–Crippen LogP) is 0.331. The lowest BCUT2D eigenvalue weighted by Crippen LogP contribution is -2.15. The highest BCUT2D eigenvalue weighted by atomic mass is 16.5. The molecule has 0 rings (SSSR count). The van der Waals surface area contributed by atoms with E-state index in [0.717, 1.165) is 0 Å². The normalized spacial score (nSPS) is 13.4. The molecule has 0 spiro atoms. The highest BCUT2D eigenvalue weighted by Gasteiger charge is 1.96. The molecule has 64 valence electrons. The average Bonchev–Trinajstić information content (AvgIpc) is 2.01. The van der Waals surface area contributed by atoms with Crippen molar-refractivity contribution in [3.63, 3.8) is 0 Å². The van der Waals surface area contributed by atoms with Crippen molar-refractivity contribution in [2.45, 2.75) is 6.92 Å². The van der Waals surface area contributed by atoms with Gasteiger partial charge in [0.2, 0.25) is 0 Å². The molecule has 0 saturated carbocycles. The van der Waals surface area contributed by atoms with E-state index in [1.54, 1.807) is 13.2 Å². The zero-order valence-corrected chi connectivity index (χ0v) is 6.70. The van der Waals surface area contributed by atoms with Crippen LogP contribution in [-0.2, 0) is 9.53 Å². The van der Waals surface area contributed by atoms with Crippen molar-refractivity contribution >= 4 is 5.91 Å². The Kier molecular flexibility index (Phi) is 5.42. The molecule has 0 aliphatic carbocycles. The van der Waals surface area contributed by atoms with Crippen molar-refractivity contribution in [2.75, 3.05) is 13.7 Å². The van der Waals surface area contributed by atoms with Crippen molar-refractivity contribution in [2.24, 2.45) is 5.92 Å². The van der Waals surface area contributed by atoms with Gasteiger partial charge >= 0.3 is 0 Å². The molecule has 2 N–H and O–H groups in total. The number of rotatable bonds is 4. The average molecular weight is 159 g/mol. The molecule has 1 atom stereocenters. The molecule has 1 amide bonds. The van der Waals surface area contributed by atoms with Gasteiger partial charge in [-0.3, -0.25) is 10.0 Å². The van der Waals surface area contributed by atoms with Gasteiger partial charge in [-0.05, 0) is 5.92 Å². The Morgan fingerprint density at radius 3 is 2.91 bits per heavy atom. The van der Waals surface area contributed by atoms with Gasteiger partial charge < -0.3 is 4.74 Å². The first kappa shape index (κ1) is 10.1. The molecule has 0 aliphatic rings. The van der Waals surface area contributed by atoms with E-state index in [0.29, 0.717) is 6.61 Å². The van der Waals surface area contributed by atoms with E-state index in [1.165, 1.54) is 11.6 Å². The van der Waals surface area contributed by atoms with Gasteiger partial charge in [0.15, 0.2) is 0 Å².